The molecule has 2 atom stereocenters. The number of benzene rings is 1. The van der Waals surface area contributed by atoms with E-state index in [-0.39, 0.29) is 0 Å². The van der Waals surface area contributed by atoms with E-state index in [1.54, 1.807) is 36.4 Å². The van der Waals surface area contributed by atoms with Gasteiger partial charge in [-0.2, -0.15) is 0 Å². The van der Waals surface area contributed by atoms with Gasteiger partial charge in [0.1, 0.15) is 0 Å². The van der Waals surface area contributed by atoms with E-state index in [4.69, 9.17) is 9.47 Å². The molecule has 0 unspecified atom stereocenters. The average molecular weight is 288 g/mol. The smallest absolute Gasteiger partial charge is 0.345 e. The summed E-state index contributed by atoms with van der Waals surface area (Å²) in [4.78, 5) is 35.7. The fourth-order valence-electron chi connectivity index (χ4n) is 2.29. The first kappa shape index (κ1) is 15.0. The van der Waals surface area contributed by atoms with Crippen LogP contribution in [0.4, 0.5) is 0 Å². The standard InChI is InChI=1S/C16H16O5/c1-20-15(18)12-9-5-6-10-13(12)16(19)21-14(17)11-7-3-2-4-8-11/h2-8,12-13H,9-10H2,1H3/t12-,13-/m0/s1. The van der Waals surface area contributed by atoms with E-state index in [0.29, 0.717) is 18.4 Å². The fourth-order valence-corrected chi connectivity index (χ4v) is 2.29. The molecule has 2 rings (SSSR count). The van der Waals surface area contributed by atoms with Gasteiger partial charge in [-0.25, -0.2) is 4.79 Å². The maximum Gasteiger partial charge on any atom is 0.345 e. The minimum absolute atomic E-state index is 0.298. The summed E-state index contributed by atoms with van der Waals surface area (Å²) < 4.78 is 9.58. The van der Waals surface area contributed by atoms with Gasteiger partial charge in [0.15, 0.2) is 0 Å². The molecule has 1 aromatic rings. The van der Waals surface area contributed by atoms with E-state index in [2.05, 4.69) is 0 Å². The third kappa shape index (κ3) is 3.56. The van der Waals surface area contributed by atoms with Gasteiger partial charge < -0.3 is 9.47 Å². The number of allylic oxidation sites excluding steroid dienone is 2. The van der Waals surface area contributed by atoms with Crippen LogP contribution in [-0.2, 0) is 19.1 Å². The van der Waals surface area contributed by atoms with Crippen LogP contribution in [0.5, 0.6) is 0 Å². The number of carbonyl (C=O) groups excluding carboxylic acids is 3. The summed E-state index contributed by atoms with van der Waals surface area (Å²) in [6, 6.07) is 8.25. The molecule has 5 heteroatoms. The number of esters is 3. The van der Waals surface area contributed by atoms with Crippen LogP contribution in [0.2, 0.25) is 0 Å². The zero-order valence-electron chi connectivity index (χ0n) is 11.7. The Hall–Kier alpha value is -2.43. The van der Waals surface area contributed by atoms with Gasteiger partial charge in [0, 0.05) is 0 Å². The van der Waals surface area contributed by atoms with Crippen LogP contribution in [-0.4, -0.2) is 25.0 Å². The van der Waals surface area contributed by atoms with Crippen LogP contribution in [0.25, 0.3) is 0 Å². The van der Waals surface area contributed by atoms with E-state index >= 15 is 0 Å². The molecule has 0 amide bonds. The van der Waals surface area contributed by atoms with Crippen molar-refractivity contribution in [3.8, 4) is 0 Å². The van der Waals surface area contributed by atoms with Crippen LogP contribution in [0.3, 0.4) is 0 Å². The minimum atomic E-state index is -0.709. The van der Waals surface area contributed by atoms with Crippen molar-refractivity contribution >= 4 is 17.9 Å². The Morgan fingerprint density at radius 1 is 0.952 bits per heavy atom. The molecule has 1 aromatic carbocycles. The maximum absolute atomic E-state index is 12.1. The number of carbonyl (C=O) groups is 3. The van der Waals surface area contributed by atoms with Gasteiger partial charge in [0.2, 0.25) is 0 Å². The Balaban J connectivity index is 2.06. The van der Waals surface area contributed by atoms with Gasteiger partial charge in [-0.3, -0.25) is 9.59 Å². The second-order valence-corrected chi connectivity index (χ2v) is 4.75. The summed E-state index contributed by atoms with van der Waals surface area (Å²) in [6.07, 6.45) is 4.40. The molecule has 0 radical (unpaired) electrons. The zero-order chi connectivity index (χ0) is 15.2. The number of ether oxygens (including phenoxy) is 2. The van der Waals surface area contributed by atoms with Gasteiger partial charge in [-0.05, 0) is 25.0 Å². The van der Waals surface area contributed by atoms with Crippen LogP contribution in [0, 0.1) is 11.8 Å². The van der Waals surface area contributed by atoms with Crippen molar-refractivity contribution in [2.45, 2.75) is 12.8 Å². The molecule has 1 aliphatic carbocycles. The quantitative estimate of drug-likeness (QED) is 0.484. The topological polar surface area (TPSA) is 69.7 Å². The predicted octanol–water partition coefficient (Wildman–Crippen LogP) is 2.13. The Bertz CT molecular complexity index is 561. The van der Waals surface area contributed by atoms with Crippen LogP contribution in [0.1, 0.15) is 23.2 Å². The van der Waals surface area contributed by atoms with Gasteiger partial charge >= 0.3 is 17.9 Å². The summed E-state index contributed by atoms with van der Waals surface area (Å²) in [5, 5.41) is 0. The molecule has 0 aliphatic heterocycles. The Morgan fingerprint density at radius 2 is 1.52 bits per heavy atom. The molecule has 0 spiro atoms. The van der Waals surface area contributed by atoms with Gasteiger partial charge in [-0.1, -0.05) is 30.4 Å². The summed E-state index contributed by atoms with van der Waals surface area (Å²) in [5.74, 6) is -3.15. The molecule has 110 valence electrons. The monoisotopic (exact) mass is 288 g/mol. The summed E-state index contributed by atoms with van der Waals surface area (Å²) in [5.41, 5.74) is 0.298. The molecule has 5 nitrogen and oxygen atoms in total. The maximum atomic E-state index is 12.1. The van der Waals surface area contributed by atoms with Crippen LogP contribution < -0.4 is 0 Å². The predicted molar refractivity (Wildman–Crippen MR) is 74.2 cm³/mol. The lowest BCUT2D eigenvalue weighted by Gasteiger charge is -2.24. The number of hydrogen-bond donors (Lipinski definition) is 0. The molecule has 0 saturated heterocycles. The highest BCUT2D eigenvalue weighted by molar-refractivity contribution is 5.98. The SMILES string of the molecule is COC(=O)[C@H]1CC=CC[C@@H]1C(=O)OC(=O)c1ccccc1. The van der Waals surface area contributed by atoms with E-state index < -0.39 is 29.7 Å². The van der Waals surface area contributed by atoms with E-state index in [1.807, 2.05) is 6.08 Å². The summed E-state index contributed by atoms with van der Waals surface area (Å²) in [7, 11) is 1.28. The molecule has 1 aliphatic rings. The minimum Gasteiger partial charge on any atom is -0.469 e. The Morgan fingerprint density at radius 3 is 2.10 bits per heavy atom. The van der Waals surface area contributed by atoms with Crippen molar-refractivity contribution in [2.24, 2.45) is 11.8 Å². The third-order valence-electron chi connectivity index (χ3n) is 3.44. The number of methoxy groups -OCH3 is 1. The van der Waals surface area contributed by atoms with Crippen LogP contribution in [0.15, 0.2) is 42.5 Å². The second-order valence-electron chi connectivity index (χ2n) is 4.75. The number of rotatable bonds is 3. The van der Waals surface area contributed by atoms with E-state index in [9.17, 15) is 14.4 Å². The molecule has 0 saturated carbocycles. The van der Waals surface area contributed by atoms with E-state index in [1.165, 1.54) is 7.11 Å². The highest BCUT2D eigenvalue weighted by Gasteiger charge is 2.36. The average Bonchev–Trinajstić information content (AvgIpc) is 2.54. The lowest BCUT2D eigenvalue weighted by molar-refractivity contribution is -0.156. The normalized spacial score (nSPS) is 20.6. The van der Waals surface area contributed by atoms with Crippen molar-refractivity contribution < 1.29 is 23.9 Å². The van der Waals surface area contributed by atoms with Crippen molar-refractivity contribution in [3.05, 3.63) is 48.0 Å². The molecule has 0 heterocycles. The molecule has 0 N–H and O–H groups in total. The van der Waals surface area contributed by atoms with Crippen molar-refractivity contribution in [1.29, 1.82) is 0 Å². The Labute approximate surface area is 122 Å². The van der Waals surface area contributed by atoms with Gasteiger partial charge in [-0.15, -0.1) is 0 Å². The second kappa shape index (κ2) is 6.83. The van der Waals surface area contributed by atoms with Crippen molar-refractivity contribution in [2.75, 3.05) is 7.11 Å². The van der Waals surface area contributed by atoms with Crippen molar-refractivity contribution in [3.63, 3.8) is 0 Å². The highest BCUT2D eigenvalue weighted by atomic mass is 16.6. The van der Waals surface area contributed by atoms with E-state index in [0.717, 1.165) is 0 Å². The lowest BCUT2D eigenvalue weighted by atomic mass is 9.83. The zero-order valence-corrected chi connectivity index (χ0v) is 11.7. The lowest BCUT2D eigenvalue weighted by Crippen LogP contribution is -2.34. The third-order valence-corrected chi connectivity index (χ3v) is 3.44. The molecule has 21 heavy (non-hydrogen) atoms. The number of hydrogen-bond acceptors (Lipinski definition) is 5. The van der Waals surface area contributed by atoms with Crippen LogP contribution >= 0.6 is 0 Å². The first-order valence-corrected chi connectivity index (χ1v) is 6.67. The van der Waals surface area contributed by atoms with Crippen molar-refractivity contribution in [1.82, 2.24) is 0 Å². The Kier molecular flexibility index (Phi) is 4.87. The molecule has 0 fully saturated rings. The largest absolute Gasteiger partial charge is 0.469 e. The van der Waals surface area contributed by atoms with Gasteiger partial charge in [0.05, 0.1) is 24.5 Å². The van der Waals surface area contributed by atoms with Gasteiger partial charge in [0.25, 0.3) is 0 Å². The highest BCUT2D eigenvalue weighted by Crippen LogP contribution is 2.28. The first-order chi connectivity index (χ1) is 10.1. The molecular weight excluding hydrogens is 272 g/mol. The first-order valence-electron chi connectivity index (χ1n) is 6.67. The molecule has 0 bridgehead atoms. The summed E-state index contributed by atoms with van der Waals surface area (Å²) in [6.45, 7) is 0. The molecular formula is C16H16O5. The molecule has 0 aromatic heterocycles. The fraction of sp³-hybridized carbons (Fsp3) is 0.312. The summed E-state index contributed by atoms with van der Waals surface area (Å²) >= 11 is 0.